The summed E-state index contributed by atoms with van der Waals surface area (Å²) in [5, 5.41) is 0. The van der Waals surface area contributed by atoms with Crippen molar-refractivity contribution in [2.75, 3.05) is 6.54 Å². The lowest BCUT2D eigenvalue weighted by molar-refractivity contribution is 0.198. The van der Waals surface area contributed by atoms with Crippen LogP contribution in [0.1, 0.15) is 39.5 Å². The lowest BCUT2D eigenvalue weighted by Gasteiger charge is -2.35. The van der Waals surface area contributed by atoms with Crippen LogP contribution in [0.5, 0.6) is 0 Å². The first-order valence-electron chi connectivity index (χ1n) is 4.67. The zero-order valence-electron chi connectivity index (χ0n) is 7.56. The normalized spacial score (nSPS) is 40.5. The molecule has 2 rings (SSSR count). The largest absolute Gasteiger partial charge is 0.297 e. The van der Waals surface area contributed by atoms with Gasteiger partial charge in [0.05, 0.1) is 0 Å². The summed E-state index contributed by atoms with van der Waals surface area (Å²) in [5.41, 5.74) is 1.01. The predicted octanol–water partition coefficient (Wildman–Crippen LogP) is 2.66. The van der Waals surface area contributed by atoms with Gasteiger partial charge >= 0.3 is 0 Å². The average Bonchev–Trinajstić information content (AvgIpc) is 2.45. The maximum absolute atomic E-state index is 4.39. The van der Waals surface area contributed by atoms with Gasteiger partial charge < -0.3 is 0 Å². The Bertz CT molecular complexity index is 193. The minimum atomic E-state index is 0.493. The molecule has 0 aromatic carbocycles. The molecule has 0 aromatic heterocycles. The van der Waals surface area contributed by atoms with Crippen molar-refractivity contribution >= 4 is 6.21 Å². The molecule has 1 fully saturated rings. The second-order valence-corrected chi connectivity index (χ2v) is 4.68. The predicted molar refractivity (Wildman–Crippen MR) is 48.0 cm³/mol. The van der Waals surface area contributed by atoms with Gasteiger partial charge in [-0.1, -0.05) is 20.3 Å². The molecule has 0 bridgehead atoms. The third-order valence-electron chi connectivity index (χ3n) is 3.80. The van der Waals surface area contributed by atoms with E-state index in [9.17, 15) is 0 Å². The molecule has 0 aromatic rings. The summed E-state index contributed by atoms with van der Waals surface area (Å²) in [4.78, 5) is 4.39. The van der Waals surface area contributed by atoms with E-state index in [4.69, 9.17) is 0 Å². The van der Waals surface area contributed by atoms with E-state index < -0.39 is 0 Å². The van der Waals surface area contributed by atoms with Gasteiger partial charge in [-0.15, -0.1) is 0 Å². The Hall–Kier alpha value is -0.330. The number of hydrogen-bond donors (Lipinski definition) is 0. The van der Waals surface area contributed by atoms with Crippen molar-refractivity contribution in [1.82, 2.24) is 0 Å². The van der Waals surface area contributed by atoms with E-state index >= 15 is 0 Å². The Balaban J connectivity index is 2.30. The Morgan fingerprint density at radius 2 is 2.00 bits per heavy atom. The third-order valence-corrected chi connectivity index (χ3v) is 3.80. The van der Waals surface area contributed by atoms with Gasteiger partial charge in [0.25, 0.3) is 0 Å². The Kier molecular flexibility index (Phi) is 1.39. The zero-order chi connectivity index (χ0) is 7.95. The van der Waals surface area contributed by atoms with Gasteiger partial charge in [-0.25, -0.2) is 0 Å². The van der Waals surface area contributed by atoms with Crippen molar-refractivity contribution in [3.8, 4) is 0 Å². The molecule has 11 heavy (non-hydrogen) atoms. The second kappa shape index (κ2) is 2.09. The van der Waals surface area contributed by atoms with Crippen LogP contribution < -0.4 is 0 Å². The van der Waals surface area contributed by atoms with Crippen molar-refractivity contribution in [3.05, 3.63) is 0 Å². The lowest BCUT2D eigenvalue weighted by atomic mass is 9.68. The fourth-order valence-corrected chi connectivity index (χ4v) is 2.70. The molecular weight excluding hydrogens is 134 g/mol. The fourth-order valence-electron chi connectivity index (χ4n) is 2.70. The van der Waals surface area contributed by atoms with E-state index in [1.54, 1.807) is 0 Å². The van der Waals surface area contributed by atoms with Crippen molar-refractivity contribution < 1.29 is 0 Å². The lowest BCUT2D eigenvalue weighted by Crippen LogP contribution is -2.32. The summed E-state index contributed by atoms with van der Waals surface area (Å²) in [5.74, 6) is 0. The molecule has 1 heterocycles. The van der Waals surface area contributed by atoms with E-state index in [-0.39, 0.29) is 0 Å². The summed E-state index contributed by atoms with van der Waals surface area (Å²) < 4.78 is 0. The van der Waals surface area contributed by atoms with Crippen LogP contribution in [0, 0.1) is 10.8 Å². The number of nitrogens with zero attached hydrogens (tertiary/aromatic N) is 1. The molecule has 1 saturated carbocycles. The van der Waals surface area contributed by atoms with E-state index in [0.717, 1.165) is 6.54 Å². The van der Waals surface area contributed by atoms with Crippen LogP contribution in [0.3, 0.4) is 0 Å². The summed E-state index contributed by atoms with van der Waals surface area (Å²) in [7, 11) is 0. The first-order valence-corrected chi connectivity index (χ1v) is 4.67. The summed E-state index contributed by atoms with van der Waals surface area (Å²) in [6.45, 7) is 5.87. The third kappa shape index (κ3) is 0.863. The molecule has 0 radical (unpaired) electrons. The standard InChI is InChI=1S/C10H17N/c1-9(2)4-3-5-10(9)6-7-11-8-10/h8H,3-7H2,1-2H3/t10-/m1/s1. The summed E-state index contributed by atoms with van der Waals surface area (Å²) in [6, 6.07) is 0. The SMILES string of the molecule is CC1(C)CCC[C@@]12C=NCC2. The van der Waals surface area contributed by atoms with Crippen LogP contribution in [0.2, 0.25) is 0 Å². The van der Waals surface area contributed by atoms with Gasteiger partial charge in [-0.05, 0) is 24.7 Å². The molecule has 1 heteroatoms. The highest BCUT2D eigenvalue weighted by Crippen LogP contribution is 2.54. The molecule has 0 amide bonds. The zero-order valence-corrected chi connectivity index (χ0v) is 7.56. The quantitative estimate of drug-likeness (QED) is 0.504. The second-order valence-electron chi connectivity index (χ2n) is 4.68. The summed E-state index contributed by atoms with van der Waals surface area (Å²) >= 11 is 0. The smallest absolute Gasteiger partial charge is 0.0394 e. The first kappa shape index (κ1) is 7.33. The number of hydrogen-bond acceptors (Lipinski definition) is 1. The van der Waals surface area contributed by atoms with Crippen molar-refractivity contribution in [3.63, 3.8) is 0 Å². The Labute approximate surface area is 68.9 Å². The molecule has 0 unspecified atom stereocenters. The van der Waals surface area contributed by atoms with Gasteiger partial charge in [0.15, 0.2) is 0 Å². The molecule has 2 aliphatic rings. The molecule has 1 atom stereocenters. The average molecular weight is 151 g/mol. The highest BCUT2D eigenvalue weighted by molar-refractivity contribution is 5.69. The molecule has 0 saturated heterocycles. The van der Waals surface area contributed by atoms with E-state index in [0.29, 0.717) is 10.8 Å². The van der Waals surface area contributed by atoms with Gasteiger partial charge in [-0.3, -0.25) is 4.99 Å². The molecule has 62 valence electrons. The molecule has 1 spiro atoms. The molecule has 0 N–H and O–H groups in total. The first-order chi connectivity index (χ1) is 5.16. The van der Waals surface area contributed by atoms with Crippen LogP contribution >= 0.6 is 0 Å². The van der Waals surface area contributed by atoms with Crippen LogP contribution in [0.4, 0.5) is 0 Å². The van der Waals surface area contributed by atoms with Crippen LogP contribution in [-0.4, -0.2) is 12.8 Å². The minimum Gasteiger partial charge on any atom is -0.297 e. The highest BCUT2D eigenvalue weighted by atomic mass is 14.8. The van der Waals surface area contributed by atoms with Gasteiger partial charge in [0, 0.05) is 18.2 Å². The molecule has 1 nitrogen and oxygen atoms in total. The molecule has 1 aliphatic heterocycles. The van der Waals surface area contributed by atoms with E-state index in [1.165, 1.54) is 25.7 Å². The van der Waals surface area contributed by atoms with Gasteiger partial charge in [0.1, 0.15) is 0 Å². The maximum atomic E-state index is 4.39. The topological polar surface area (TPSA) is 12.4 Å². The van der Waals surface area contributed by atoms with Crippen molar-refractivity contribution in [2.24, 2.45) is 15.8 Å². The van der Waals surface area contributed by atoms with Gasteiger partial charge in [0.2, 0.25) is 0 Å². The fraction of sp³-hybridized carbons (Fsp3) is 0.900. The van der Waals surface area contributed by atoms with Crippen LogP contribution in [-0.2, 0) is 0 Å². The molecule has 1 aliphatic carbocycles. The van der Waals surface area contributed by atoms with E-state index in [2.05, 4.69) is 25.1 Å². The van der Waals surface area contributed by atoms with E-state index in [1.807, 2.05) is 0 Å². The maximum Gasteiger partial charge on any atom is 0.0394 e. The van der Waals surface area contributed by atoms with Crippen LogP contribution in [0.15, 0.2) is 4.99 Å². The highest BCUT2D eigenvalue weighted by Gasteiger charge is 2.48. The summed E-state index contributed by atoms with van der Waals surface area (Å²) in [6.07, 6.45) is 7.72. The van der Waals surface area contributed by atoms with Crippen molar-refractivity contribution in [2.45, 2.75) is 39.5 Å². The number of aliphatic imine (C=N–C) groups is 1. The minimum absolute atomic E-state index is 0.493. The van der Waals surface area contributed by atoms with Gasteiger partial charge in [-0.2, -0.15) is 0 Å². The number of rotatable bonds is 0. The van der Waals surface area contributed by atoms with Crippen molar-refractivity contribution in [1.29, 1.82) is 0 Å². The Morgan fingerprint density at radius 1 is 1.18 bits per heavy atom. The molecular formula is C10H17N. The Morgan fingerprint density at radius 3 is 2.45 bits per heavy atom. The monoisotopic (exact) mass is 151 g/mol. The van der Waals surface area contributed by atoms with Crippen LogP contribution in [0.25, 0.3) is 0 Å².